The summed E-state index contributed by atoms with van der Waals surface area (Å²) in [7, 11) is 0. The number of aliphatic carboxylic acids is 1. The monoisotopic (exact) mass is 510 g/mol. The fourth-order valence-corrected chi connectivity index (χ4v) is 4.65. The van der Waals surface area contributed by atoms with Crippen molar-refractivity contribution < 1.29 is 19.5 Å². The van der Waals surface area contributed by atoms with Gasteiger partial charge in [0.15, 0.2) is 0 Å². The number of rotatable bonds is 13. The first-order valence-corrected chi connectivity index (χ1v) is 13.7. The Bertz CT molecular complexity index is 839. The molecule has 1 aliphatic heterocycles. The van der Waals surface area contributed by atoms with Gasteiger partial charge in [-0.2, -0.15) is 24.4 Å². The third kappa shape index (κ3) is 8.18. The summed E-state index contributed by atoms with van der Waals surface area (Å²) in [5, 5.41) is 15.5. The first-order valence-electron chi connectivity index (χ1n) is 11.7. The highest BCUT2D eigenvalue weighted by atomic mass is 32.2. The smallest absolute Gasteiger partial charge is 0.326 e. The van der Waals surface area contributed by atoms with Crippen molar-refractivity contribution in [2.45, 2.75) is 63.8 Å². The van der Waals surface area contributed by atoms with Gasteiger partial charge in [0.2, 0.25) is 11.8 Å². The third-order valence-electron chi connectivity index (χ3n) is 5.93. The molecule has 1 aromatic carbocycles. The van der Waals surface area contributed by atoms with Gasteiger partial charge in [0.25, 0.3) is 0 Å². The fourth-order valence-electron chi connectivity index (χ4n) is 4.05. The standard InChI is InChI=1S/C24H38N4O4S2/c1-15(2)10-20(26-12-18(25)14-33)23(30)28-13-17-7-5-4-6-16(17)11-21(28)22(29)27-19(24(31)32)8-9-34-3/h4-7,15,18-21,26,33H,8-14,25H2,1-3H3,(H,27,29)(H,31,32)/t18?,19-,20-,21+/m0/s1. The number of thioether (sulfide) groups is 1. The predicted molar refractivity (Wildman–Crippen MR) is 140 cm³/mol. The van der Waals surface area contributed by atoms with Gasteiger partial charge in [-0.3, -0.25) is 9.59 Å². The molecule has 0 radical (unpaired) electrons. The number of nitrogens with zero attached hydrogens (tertiary/aromatic N) is 1. The summed E-state index contributed by atoms with van der Waals surface area (Å²) >= 11 is 5.75. The van der Waals surface area contributed by atoms with Gasteiger partial charge >= 0.3 is 5.97 Å². The lowest BCUT2D eigenvalue weighted by molar-refractivity contribution is -0.146. The second-order valence-electron chi connectivity index (χ2n) is 9.17. The SMILES string of the molecule is CSCC[C@H](NC(=O)[C@H]1Cc2ccccc2CN1C(=O)[C@H](CC(C)C)NCC(N)CS)C(=O)O. The summed E-state index contributed by atoms with van der Waals surface area (Å²) in [6, 6.07) is 5.27. The molecule has 1 aromatic rings. The van der Waals surface area contributed by atoms with Crippen molar-refractivity contribution in [3.8, 4) is 0 Å². The van der Waals surface area contributed by atoms with Crippen LogP contribution >= 0.6 is 24.4 Å². The minimum atomic E-state index is -1.07. The van der Waals surface area contributed by atoms with E-state index in [9.17, 15) is 19.5 Å². The minimum Gasteiger partial charge on any atom is -0.480 e. The summed E-state index contributed by atoms with van der Waals surface area (Å²) < 4.78 is 0. The second-order valence-corrected chi connectivity index (χ2v) is 10.5. The van der Waals surface area contributed by atoms with E-state index in [4.69, 9.17) is 5.73 Å². The van der Waals surface area contributed by atoms with Crippen molar-refractivity contribution >= 4 is 42.2 Å². The van der Waals surface area contributed by atoms with Crippen LogP contribution in [0.1, 0.15) is 37.8 Å². The molecule has 0 spiro atoms. The average molecular weight is 511 g/mol. The van der Waals surface area contributed by atoms with Crippen LogP contribution < -0.4 is 16.4 Å². The molecule has 0 saturated carbocycles. The van der Waals surface area contributed by atoms with Crippen molar-refractivity contribution in [3.63, 3.8) is 0 Å². The molecular weight excluding hydrogens is 472 g/mol. The molecule has 1 unspecified atom stereocenters. The molecular formula is C24H38N4O4S2. The van der Waals surface area contributed by atoms with Crippen molar-refractivity contribution in [3.05, 3.63) is 35.4 Å². The fraction of sp³-hybridized carbons (Fsp3) is 0.625. The van der Waals surface area contributed by atoms with E-state index in [-0.39, 0.29) is 17.9 Å². The quantitative estimate of drug-likeness (QED) is 0.255. The lowest BCUT2D eigenvalue weighted by Gasteiger charge is -2.39. The van der Waals surface area contributed by atoms with E-state index >= 15 is 0 Å². The minimum absolute atomic E-state index is 0.175. The number of carbonyl (C=O) groups excluding carboxylic acids is 2. The van der Waals surface area contributed by atoms with Gasteiger partial charge in [-0.25, -0.2) is 4.79 Å². The topological polar surface area (TPSA) is 125 Å². The number of nitrogens with two attached hydrogens (primary N) is 1. The molecule has 1 aliphatic rings. The van der Waals surface area contributed by atoms with Crippen molar-refractivity contribution in [1.82, 2.24) is 15.5 Å². The Morgan fingerprint density at radius 2 is 1.91 bits per heavy atom. The molecule has 4 atom stereocenters. The van der Waals surface area contributed by atoms with E-state index in [1.165, 1.54) is 11.8 Å². The van der Waals surface area contributed by atoms with Gasteiger partial charge in [0.1, 0.15) is 12.1 Å². The highest BCUT2D eigenvalue weighted by Gasteiger charge is 2.38. The number of nitrogens with one attached hydrogen (secondary N) is 2. The highest BCUT2D eigenvalue weighted by Crippen LogP contribution is 2.25. The second kappa shape index (κ2) is 14.0. The third-order valence-corrected chi connectivity index (χ3v) is 7.04. The molecule has 10 heteroatoms. The molecule has 0 bridgehead atoms. The number of hydrogen-bond acceptors (Lipinski definition) is 7. The summed E-state index contributed by atoms with van der Waals surface area (Å²) in [6.07, 6.45) is 3.14. The van der Waals surface area contributed by atoms with Crippen LogP contribution in [0.2, 0.25) is 0 Å². The van der Waals surface area contributed by atoms with Gasteiger partial charge in [0.05, 0.1) is 6.04 Å². The number of carboxylic acids is 1. The van der Waals surface area contributed by atoms with E-state index in [0.29, 0.717) is 43.9 Å². The van der Waals surface area contributed by atoms with Crippen LogP contribution in [0, 0.1) is 5.92 Å². The normalized spacial score (nSPS) is 18.2. The van der Waals surface area contributed by atoms with Crippen LogP contribution in [0.3, 0.4) is 0 Å². The summed E-state index contributed by atoms with van der Waals surface area (Å²) in [5.74, 6) is -0.335. The zero-order valence-corrected chi connectivity index (χ0v) is 21.9. The molecule has 2 rings (SSSR count). The lowest BCUT2D eigenvalue weighted by atomic mass is 9.91. The molecule has 34 heavy (non-hydrogen) atoms. The molecule has 1 heterocycles. The van der Waals surface area contributed by atoms with Crippen molar-refractivity contribution in [2.24, 2.45) is 11.7 Å². The van der Waals surface area contributed by atoms with Crippen LogP contribution in [0.25, 0.3) is 0 Å². The van der Waals surface area contributed by atoms with E-state index in [2.05, 4.69) is 23.3 Å². The van der Waals surface area contributed by atoms with E-state index in [0.717, 1.165) is 11.1 Å². The highest BCUT2D eigenvalue weighted by molar-refractivity contribution is 7.98. The Labute approximate surface area is 212 Å². The average Bonchev–Trinajstić information content (AvgIpc) is 2.82. The van der Waals surface area contributed by atoms with Gasteiger partial charge in [-0.15, -0.1) is 0 Å². The van der Waals surface area contributed by atoms with Crippen molar-refractivity contribution in [1.29, 1.82) is 0 Å². The number of thiol groups is 1. The Hall–Kier alpha value is -1.75. The molecule has 190 valence electrons. The van der Waals surface area contributed by atoms with Crippen LogP contribution in [0.4, 0.5) is 0 Å². The lowest BCUT2D eigenvalue weighted by Crippen LogP contribution is -2.59. The number of benzene rings is 1. The maximum absolute atomic E-state index is 13.8. The maximum atomic E-state index is 13.8. The molecule has 0 aromatic heterocycles. The van der Waals surface area contributed by atoms with Gasteiger partial charge < -0.3 is 26.4 Å². The summed E-state index contributed by atoms with van der Waals surface area (Å²) in [5.41, 5.74) is 7.99. The van der Waals surface area contributed by atoms with Gasteiger partial charge in [0, 0.05) is 31.3 Å². The van der Waals surface area contributed by atoms with Crippen LogP contribution in [0.5, 0.6) is 0 Å². The van der Waals surface area contributed by atoms with Crippen molar-refractivity contribution in [2.75, 3.05) is 24.3 Å². The van der Waals surface area contributed by atoms with E-state index < -0.39 is 30.0 Å². The summed E-state index contributed by atoms with van der Waals surface area (Å²) in [6.45, 7) is 4.81. The summed E-state index contributed by atoms with van der Waals surface area (Å²) in [4.78, 5) is 40.4. The zero-order valence-electron chi connectivity index (χ0n) is 20.2. The number of amides is 2. The van der Waals surface area contributed by atoms with Gasteiger partial charge in [-0.05, 0) is 41.9 Å². The largest absolute Gasteiger partial charge is 0.480 e. The number of hydrogen-bond donors (Lipinski definition) is 5. The number of carboxylic acid groups (broad SMARTS) is 1. The first-order chi connectivity index (χ1) is 16.2. The molecule has 0 fully saturated rings. The van der Waals surface area contributed by atoms with Crippen LogP contribution in [0.15, 0.2) is 24.3 Å². The Balaban J connectivity index is 2.31. The van der Waals surface area contributed by atoms with E-state index in [1.807, 2.05) is 44.4 Å². The number of fused-ring (bicyclic) bond motifs is 1. The predicted octanol–water partition coefficient (Wildman–Crippen LogP) is 1.52. The number of carbonyl (C=O) groups is 3. The Morgan fingerprint density at radius 3 is 2.50 bits per heavy atom. The Kier molecular flexibility index (Phi) is 11.7. The molecule has 8 nitrogen and oxygen atoms in total. The molecule has 0 saturated heterocycles. The maximum Gasteiger partial charge on any atom is 0.326 e. The van der Waals surface area contributed by atoms with Gasteiger partial charge in [-0.1, -0.05) is 38.1 Å². The van der Waals surface area contributed by atoms with E-state index in [1.54, 1.807) is 4.90 Å². The first kappa shape index (κ1) is 28.5. The Morgan fingerprint density at radius 1 is 1.24 bits per heavy atom. The molecule has 5 N–H and O–H groups in total. The van der Waals surface area contributed by atoms with Crippen LogP contribution in [-0.2, 0) is 27.3 Å². The van der Waals surface area contributed by atoms with Crippen LogP contribution in [-0.4, -0.2) is 76.3 Å². The zero-order chi connectivity index (χ0) is 25.3. The molecule has 0 aliphatic carbocycles. The molecule has 2 amide bonds.